The zero-order chi connectivity index (χ0) is 16.1. The molecule has 0 aliphatic rings. The van der Waals surface area contributed by atoms with E-state index in [1.54, 1.807) is 13.1 Å². The first-order chi connectivity index (χ1) is 9.69. The highest BCUT2D eigenvalue weighted by Gasteiger charge is 2.28. The normalized spacial score (nSPS) is 12.4. The number of nitrogens with one attached hydrogen (secondary N) is 2. The van der Waals surface area contributed by atoms with E-state index in [2.05, 4.69) is 5.32 Å². The summed E-state index contributed by atoms with van der Waals surface area (Å²) in [5.41, 5.74) is 0.675. The predicted molar refractivity (Wildman–Crippen MR) is 71.6 cm³/mol. The van der Waals surface area contributed by atoms with Gasteiger partial charge in [-0.25, -0.2) is 13.1 Å². The molecule has 0 saturated carbocycles. The Morgan fingerprint density at radius 3 is 2.48 bits per heavy atom. The van der Waals surface area contributed by atoms with Crippen LogP contribution < -0.4 is 14.8 Å². The molecule has 9 heteroatoms. The minimum Gasteiger partial charge on any atom is -0.495 e. The second-order valence-corrected chi connectivity index (χ2v) is 6.01. The average Bonchev–Trinajstić information content (AvgIpc) is 2.37. The zero-order valence-corrected chi connectivity index (χ0v) is 12.4. The summed E-state index contributed by atoms with van der Waals surface area (Å²) >= 11 is 0. The van der Waals surface area contributed by atoms with Gasteiger partial charge in [-0.3, -0.25) is 0 Å². The summed E-state index contributed by atoms with van der Waals surface area (Å²) in [5, 5.41) is 2.86. The van der Waals surface area contributed by atoms with Gasteiger partial charge in [0.05, 0.1) is 13.5 Å². The van der Waals surface area contributed by atoms with Gasteiger partial charge in [0, 0.05) is 13.1 Å². The van der Waals surface area contributed by atoms with Crippen molar-refractivity contribution in [3.63, 3.8) is 0 Å². The van der Waals surface area contributed by atoms with Crippen LogP contribution in [0, 0.1) is 0 Å². The van der Waals surface area contributed by atoms with Crippen LogP contribution in [0.2, 0.25) is 0 Å². The standard InChI is InChI=1S/C12H17F3N2O3S/c1-16-8-9-3-4-10(20-2)11(7-9)21(18,19)17-6-5-12(13,14)15/h3-4,7,16-17H,5-6,8H2,1-2H3. The lowest BCUT2D eigenvalue weighted by molar-refractivity contribution is -0.132. The van der Waals surface area contributed by atoms with Crippen molar-refractivity contribution in [1.82, 2.24) is 10.0 Å². The van der Waals surface area contributed by atoms with Crippen molar-refractivity contribution in [2.24, 2.45) is 0 Å². The number of sulfonamides is 1. The van der Waals surface area contributed by atoms with Gasteiger partial charge in [0.15, 0.2) is 0 Å². The number of alkyl halides is 3. The fourth-order valence-corrected chi connectivity index (χ4v) is 2.90. The van der Waals surface area contributed by atoms with Crippen LogP contribution in [0.15, 0.2) is 23.1 Å². The van der Waals surface area contributed by atoms with Crippen LogP contribution in [-0.4, -0.2) is 35.3 Å². The van der Waals surface area contributed by atoms with E-state index in [4.69, 9.17) is 4.74 Å². The summed E-state index contributed by atoms with van der Waals surface area (Å²) in [7, 11) is -1.08. The number of hydrogen-bond acceptors (Lipinski definition) is 4. The molecule has 0 radical (unpaired) electrons. The molecule has 2 N–H and O–H groups in total. The Morgan fingerprint density at radius 2 is 1.95 bits per heavy atom. The van der Waals surface area contributed by atoms with Crippen LogP contribution in [0.25, 0.3) is 0 Å². The van der Waals surface area contributed by atoms with Gasteiger partial charge in [0.2, 0.25) is 10.0 Å². The molecule has 0 heterocycles. The Kier molecular flexibility index (Phi) is 5.99. The molecular weight excluding hydrogens is 309 g/mol. The molecular formula is C12H17F3N2O3S. The maximum Gasteiger partial charge on any atom is 0.390 e. The van der Waals surface area contributed by atoms with Gasteiger partial charge in [-0.1, -0.05) is 6.07 Å². The lowest BCUT2D eigenvalue weighted by Crippen LogP contribution is -2.28. The smallest absolute Gasteiger partial charge is 0.390 e. The summed E-state index contributed by atoms with van der Waals surface area (Å²) in [6.07, 6.45) is -5.65. The first kappa shape index (κ1) is 17.7. The van der Waals surface area contributed by atoms with Crippen LogP contribution >= 0.6 is 0 Å². The van der Waals surface area contributed by atoms with E-state index in [-0.39, 0.29) is 10.6 Å². The van der Waals surface area contributed by atoms with Crippen molar-refractivity contribution >= 4 is 10.0 Å². The second kappa shape index (κ2) is 7.10. The molecule has 21 heavy (non-hydrogen) atoms. The number of methoxy groups -OCH3 is 1. The second-order valence-electron chi connectivity index (χ2n) is 4.28. The summed E-state index contributed by atoms with van der Waals surface area (Å²) in [6, 6.07) is 4.50. The molecule has 0 aromatic heterocycles. The first-order valence-corrected chi connectivity index (χ1v) is 7.56. The number of rotatable bonds is 7. The molecule has 5 nitrogen and oxygen atoms in total. The third-order valence-electron chi connectivity index (χ3n) is 2.60. The van der Waals surface area contributed by atoms with Gasteiger partial charge in [0.25, 0.3) is 0 Å². The van der Waals surface area contributed by atoms with Crippen molar-refractivity contribution in [3.05, 3.63) is 23.8 Å². The quantitative estimate of drug-likeness (QED) is 0.799. The lowest BCUT2D eigenvalue weighted by atomic mass is 10.2. The number of ether oxygens (including phenoxy) is 1. The van der Waals surface area contributed by atoms with Gasteiger partial charge in [-0.15, -0.1) is 0 Å². The monoisotopic (exact) mass is 326 g/mol. The van der Waals surface area contributed by atoms with Crippen LogP contribution in [0.3, 0.4) is 0 Å². The van der Waals surface area contributed by atoms with Crippen molar-refractivity contribution < 1.29 is 26.3 Å². The van der Waals surface area contributed by atoms with E-state index in [9.17, 15) is 21.6 Å². The van der Waals surface area contributed by atoms with Crippen molar-refractivity contribution in [2.75, 3.05) is 20.7 Å². The molecule has 0 unspecified atom stereocenters. The summed E-state index contributed by atoms with van der Waals surface area (Å²) in [5.74, 6) is 0.0781. The molecule has 0 atom stereocenters. The summed E-state index contributed by atoms with van der Waals surface area (Å²) in [6.45, 7) is -0.291. The highest BCUT2D eigenvalue weighted by molar-refractivity contribution is 7.89. The first-order valence-electron chi connectivity index (χ1n) is 6.07. The highest BCUT2D eigenvalue weighted by Crippen LogP contribution is 2.25. The third-order valence-corrected chi connectivity index (χ3v) is 4.08. The molecule has 1 rings (SSSR count). The van der Waals surface area contributed by atoms with E-state index < -0.39 is 29.2 Å². The van der Waals surface area contributed by atoms with Gasteiger partial charge in [-0.05, 0) is 24.7 Å². The number of halogens is 3. The molecule has 0 spiro atoms. The van der Waals surface area contributed by atoms with Gasteiger partial charge < -0.3 is 10.1 Å². The van der Waals surface area contributed by atoms with Gasteiger partial charge >= 0.3 is 6.18 Å². The van der Waals surface area contributed by atoms with E-state index in [1.807, 2.05) is 4.72 Å². The van der Waals surface area contributed by atoms with Crippen molar-refractivity contribution in [3.8, 4) is 5.75 Å². The Hall–Kier alpha value is -1.32. The Labute approximate surface area is 121 Å². The SMILES string of the molecule is CNCc1ccc(OC)c(S(=O)(=O)NCCC(F)(F)F)c1. The van der Waals surface area contributed by atoms with Crippen LogP contribution in [0.5, 0.6) is 5.75 Å². The fourth-order valence-electron chi connectivity index (χ4n) is 1.65. The largest absolute Gasteiger partial charge is 0.495 e. The maximum absolute atomic E-state index is 12.1. The fraction of sp³-hybridized carbons (Fsp3) is 0.500. The van der Waals surface area contributed by atoms with E-state index in [0.717, 1.165) is 0 Å². The van der Waals surface area contributed by atoms with Gasteiger partial charge in [0.1, 0.15) is 10.6 Å². The molecule has 120 valence electrons. The minimum atomic E-state index is -4.42. The molecule has 0 aliphatic carbocycles. The molecule has 1 aromatic carbocycles. The topological polar surface area (TPSA) is 67.4 Å². The summed E-state index contributed by atoms with van der Waals surface area (Å²) < 4.78 is 67.3. The Morgan fingerprint density at radius 1 is 1.29 bits per heavy atom. The number of hydrogen-bond donors (Lipinski definition) is 2. The zero-order valence-electron chi connectivity index (χ0n) is 11.6. The Bertz CT molecular complexity index is 574. The predicted octanol–water partition coefficient (Wildman–Crippen LogP) is 1.65. The molecule has 0 aliphatic heterocycles. The molecule has 0 saturated heterocycles. The van der Waals surface area contributed by atoms with Crippen LogP contribution in [0.4, 0.5) is 13.2 Å². The molecule has 0 fully saturated rings. The lowest BCUT2D eigenvalue weighted by Gasteiger charge is -2.13. The van der Waals surface area contributed by atoms with Crippen molar-refractivity contribution in [1.29, 1.82) is 0 Å². The van der Waals surface area contributed by atoms with Crippen molar-refractivity contribution in [2.45, 2.75) is 24.0 Å². The summed E-state index contributed by atoms with van der Waals surface area (Å²) in [4.78, 5) is -0.181. The van der Waals surface area contributed by atoms with Crippen LogP contribution in [0.1, 0.15) is 12.0 Å². The molecule has 1 aromatic rings. The van der Waals surface area contributed by atoms with E-state index in [0.29, 0.717) is 12.1 Å². The van der Waals surface area contributed by atoms with E-state index >= 15 is 0 Å². The van der Waals surface area contributed by atoms with Crippen LogP contribution in [-0.2, 0) is 16.6 Å². The third kappa shape index (κ3) is 5.52. The van der Waals surface area contributed by atoms with Gasteiger partial charge in [-0.2, -0.15) is 13.2 Å². The minimum absolute atomic E-state index is 0.0781. The Balaban J connectivity index is 2.97. The maximum atomic E-state index is 12.1. The van der Waals surface area contributed by atoms with E-state index in [1.165, 1.54) is 19.2 Å². The molecule has 0 amide bonds. The average molecular weight is 326 g/mol. The number of benzene rings is 1. The highest BCUT2D eigenvalue weighted by atomic mass is 32.2. The molecule has 0 bridgehead atoms.